The zero-order chi connectivity index (χ0) is 11.6. The Labute approximate surface area is 116 Å². The fourth-order valence-electron chi connectivity index (χ4n) is 2.09. The van der Waals surface area contributed by atoms with Crippen molar-refractivity contribution < 1.29 is 0 Å². The van der Waals surface area contributed by atoms with Crippen molar-refractivity contribution in [1.82, 2.24) is 0 Å². The molecule has 1 fully saturated rings. The molecule has 1 aliphatic rings. The molecule has 3 heteroatoms. The predicted molar refractivity (Wildman–Crippen MR) is 83.8 cm³/mol. The van der Waals surface area contributed by atoms with Crippen molar-refractivity contribution in [2.45, 2.75) is 73.9 Å². The summed E-state index contributed by atoms with van der Waals surface area (Å²) in [5, 5.41) is 0.896. The molecule has 0 radical (unpaired) electrons. The van der Waals surface area contributed by atoms with Gasteiger partial charge in [0.25, 0.3) is 0 Å². The molecule has 1 rings (SSSR count). The minimum absolute atomic E-state index is 0.555. The molecule has 0 bridgehead atoms. The third-order valence-electron chi connectivity index (χ3n) is 3.11. The molecule has 0 amide bonds. The molecule has 1 heterocycles. The van der Waals surface area contributed by atoms with Gasteiger partial charge in [-0.05, 0) is 6.42 Å². The van der Waals surface area contributed by atoms with Gasteiger partial charge in [0.2, 0.25) is 0 Å². The van der Waals surface area contributed by atoms with E-state index in [0.717, 1.165) is 5.25 Å². The van der Waals surface area contributed by atoms with Gasteiger partial charge in [-0.15, -0.1) is 23.5 Å². The Hall–Kier alpha value is 1.05. The van der Waals surface area contributed by atoms with Crippen LogP contribution in [0.25, 0.3) is 0 Å². The lowest BCUT2D eigenvalue weighted by atomic mass is 10.1. The third kappa shape index (κ3) is 7.39. The summed E-state index contributed by atoms with van der Waals surface area (Å²) in [6.07, 6.45) is 12.9. The minimum atomic E-state index is 0.555. The van der Waals surface area contributed by atoms with Crippen molar-refractivity contribution in [2.75, 3.05) is 5.75 Å². The van der Waals surface area contributed by atoms with E-state index in [1.54, 1.807) is 0 Å². The second kappa shape index (κ2) is 10.0. The normalized spacial score (nSPS) is 25.1. The quantitative estimate of drug-likeness (QED) is 0.432. The second-order valence-electron chi connectivity index (χ2n) is 4.66. The van der Waals surface area contributed by atoms with Gasteiger partial charge in [-0.3, -0.25) is 0 Å². The molecular weight excluding hydrogens is 252 g/mol. The first kappa shape index (κ1) is 15.1. The van der Waals surface area contributed by atoms with Crippen LogP contribution in [0.5, 0.6) is 0 Å². The SMILES string of the molecule is CCCCCCCCCCC1CSC(S)S1. The van der Waals surface area contributed by atoms with E-state index in [-0.39, 0.29) is 0 Å². The Balaban J connectivity index is 1.78. The van der Waals surface area contributed by atoms with Gasteiger partial charge in [0, 0.05) is 11.0 Å². The average molecular weight is 279 g/mol. The van der Waals surface area contributed by atoms with Crippen molar-refractivity contribution in [3.05, 3.63) is 0 Å². The van der Waals surface area contributed by atoms with Crippen LogP contribution in [0.3, 0.4) is 0 Å². The summed E-state index contributed by atoms with van der Waals surface area (Å²) in [6, 6.07) is 0. The van der Waals surface area contributed by atoms with Gasteiger partial charge in [-0.2, -0.15) is 12.6 Å². The van der Waals surface area contributed by atoms with Crippen LogP contribution < -0.4 is 0 Å². The number of thiol groups is 1. The van der Waals surface area contributed by atoms with E-state index in [1.165, 1.54) is 63.5 Å². The predicted octanol–water partition coefficient (Wildman–Crippen LogP) is 5.58. The highest BCUT2D eigenvalue weighted by Gasteiger charge is 2.22. The van der Waals surface area contributed by atoms with E-state index in [2.05, 4.69) is 31.3 Å². The zero-order valence-corrected chi connectivity index (χ0v) is 13.0. The highest BCUT2D eigenvalue weighted by atomic mass is 32.3. The number of unbranched alkanes of at least 4 members (excludes halogenated alkanes) is 7. The van der Waals surface area contributed by atoms with Crippen LogP contribution in [-0.4, -0.2) is 14.9 Å². The maximum Gasteiger partial charge on any atom is 0.0931 e. The highest BCUT2D eigenvalue weighted by Crippen LogP contribution is 2.41. The fraction of sp³-hybridized carbons (Fsp3) is 1.00. The smallest absolute Gasteiger partial charge is 0.0931 e. The van der Waals surface area contributed by atoms with Crippen LogP contribution >= 0.6 is 36.2 Å². The number of hydrogen-bond donors (Lipinski definition) is 1. The maximum atomic E-state index is 4.49. The lowest BCUT2D eigenvalue weighted by Gasteiger charge is -2.07. The van der Waals surface area contributed by atoms with Gasteiger partial charge in [0.1, 0.15) is 0 Å². The Kier molecular flexibility index (Phi) is 9.46. The molecule has 1 aliphatic heterocycles. The van der Waals surface area contributed by atoms with Gasteiger partial charge in [-0.25, -0.2) is 0 Å². The van der Waals surface area contributed by atoms with E-state index in [1.807, 2.05) is 11.8 Å². The summed E-state index contributed by atoms with van der Waals surface area (Å²) in [4.78, 5) is 0. The molecule has 96 valence electrons. The van der Waals surface area contributed by atoms with Crippen LogP contribution in [0.4, 0.5) is 0 Å². The van der Waals surface area contributed by atoms with Gasteiger partial charge in [0.05, 0.1) is 3.91 Å². The molecule has 0 aromatic heterocycles. The molecule has 2 unspecified atom stereocenters. The number of hydrogen-bond acceptors (Lipinski definition) is 3. The fourth-order valence-corrected chi connectivity index (χ4v) is 5.61. The second-order valence-corrected chi connectivity index (χ2v) is 8.72. The summed E-state index contributed by atoms with van der Waals surface area (Å²) in [5.74, 6) is 1.33. The number of rotatable bonds is 9. The first-order valence-corrected chi connectivity index (χ1v) is 9.29. The highest BCUT2D eigenvalue weighted by molar-refractivity contribution is 8.30. The molecule has 0 aliphatic carbocycles. The van der Waals surface area contributed by atoms with Crippen molar-refractivity contribution in [2.24, 2.45) is 0 Å². The standard InChI is InChI=1S/C13H26S3/c1-2-3-4-5-6-7-8-9-10-12-11-15-13(14)16-12/h12-14H,2-11H2,1H3. The monoisotopic (exact) mass is 278 g/mol. The van der Waals surface area contributed by atoms with Crippen LogP contribution in [-0.2, 0) is 0 Å². The molecule has 16 heavy (non-hydrogen) atoms. The van der Waals surface area contributed by atoms with Crippen molar-refractivity contribution in [1.29, 1.82) is 0 Å². The molecule has 0 spiro atoms. The first-order valence-electron chi connectivity index (χ1n) is 6.78. The Morgan fingerprint density at radius 1 is 1.00 bits per heavy atom. The first-order chi connectivity index (χ1) is 7.83. The third-order valence-corrected chi connectivity index (χ3v) is 6.78. The summed E-state index contributed by atoms with van der Waals surface area (Å²) in [6.45, 7) is 2.28. The number of thioether (sulfide) groups is 2. The van der Waals surface area contributed by atoms with Crippen LogP contribution in [0.15, 0.2) is 0 Å². The zero-order valence-electron chi connectivity index (χ0n) is 10.5. The molecule has 0 saturated carbocycles. The van der Waals surface area contributed by atoms with Crippen molar-refractivity contribution in [3.63, 3.8) is 0 Å². The van der Waals surface area contributed by atoms with E-state index in [9.17, 15) is 0 Å². The Morgan fingerprint density at radius 3 is 2.19 bits per heavy atom. The Bertz CT molecular complexity index is 161. The topological polar surface area (TPSA) is 0 Å². The van der Waals surface area contributed by atoms with E-state index in [0.29, 0.717) is 3.91 Å². The molecule has 0 nitrogen and oxygen atoms in total. The largest absolute Gasteiger partial charge is 0.154 e. The van der Waals surface area contributed by atoms with Crippen molar-refractivity contribution in [3.8, 4) is 0 Å². The average Bonchev–Trinajstić information content (AvgIpc) is 2.68. The van der Waals surface area contributed by atoms with E-state index >= 15 is 0 Å². The lowest BCUT2D eigenvalue weighted by Crippen LogP contribution is -2.00. The van der Waals surface area contributed by atoms with Gasteiger partial charge >= 0.3 is 0 Å². The summed E-state index contributed by atoms with van der Waals surface area (Å²) in [7, 11) is 0. The molecular formula is C13H26S3. The minimum Gasteiger partial charge on any atom is -0.154 e. The summed E-state index contributed by atoms with van der Waals surface area (Å²) < 4.78 is 0.555. The van der Waals surface area contributed by atoms with Crippen molar-refractivity contribution >= 4 is 36.2 Å². The van der Waals surface area contributed by atoms with Crippen LogP contribution in [0.2, 0.25) is 0 Å². The van der Waals surface area contributed by atoms with Gasteiger partial charge in [0.15, 0.2) is 0 Å². The van der Waals surface area contributed by atoms with Gasteiger partial charge < -0.3 is 0 Å². The molecule has 1 saturated heterocycles. The van der Waals surface area contributed by atoms with Crippen LogP contribution in [0.1, 0.15) is 64.7 Å². The van der Waals surface area contributed by atoms with Gasteiger partial charge in [-0.1, -0.05) is 58.3 Å². The maximum absolute atomic E-state index is 4.49. The van der Waals surface area contributed by atoms with E-state index in [4.69, 9.17) is 0 Å². The van der Waals surface area contributed by atoms with Crippen LogP contribution in [0, 0.1) is 0 Å². The lowest BCUT2D eigenvalue weighted by molar-refractivity contribution is 0.565. The molecule has 0 N–H and O–H groups in total. The molecule has 0 aromatic rings. The molecule has 2 atom stereocenters. The molecule has 0 aromatic carbocycles. The summed E-state index contributed by atoms with van der Waals surface area (Å²) >= 11 is 8.57. The Morgan fingerprint density at radius 2 is 1.62 bits per heavy atom. The summed E-state index contributed by atoms with van der Waals surface area (Å²) in [5.41, 5.74) is 0. The van der Waals surface area contributed by atoms with E-state index < -0.39 is 0 Å².